The number of imidazole rings is 1. The fraction of sp³-hybridized carbons (Fsp3) is 0.600. The maximum absolute atomic E-state index is 10.5. The molecular formula is C10H19N5O. The van der Waals surface area contributed by atoms with E-state index in [1.165, 1.54) is 0 Å². The zero-order valence-corrected chi connectivity index (χ0v) is 10.0. The standard InChI is InChI=1S/C10H19N5O/c1-14(2)10-13-7-8(15(10)3)6-12-5-4-9(11)16/h7,12H,4-6H2,1-3H3,(H2,11,16). The van der Waals surface area contributed by atoms with Crippen LogP contribution in [0.5, 0.6) is 0 Å². The third kappa shape index (κ3) is 3.23. The van der Waals surface area contributed by atoms with Crippen LogP contribution < -0.4 is 16.0 Å². The van der Waals surface area contributed by atoms with Crippen molar-refractivity contribution in [3.05, 3.63) is 11.9 Å². The Bertz CT molecular complexity index is 358. The van der Waals surface area contributed by atoms with Crippen LogP contribution in [0.1, 0.15) is 12.1 Å². The molecular weight excluding hydrogens is 206 g/mol. The number of nitrogens with zero attached hydrogens (tertiary/aromatic N) is 3. The first-order valence-electron chi connectivity index (χ1n) is 5.19. The minimum Gasteiger partial charge on any atom is -0.370 e. The van der Waals surface area contributed by atoms with Gasteiger partial charge in [-0.25, -0.2) is 4.98 Å². The molecule has 6 heteroatoms. The number of hydrogen-bond acceptors (Lipinski definition) is 4. The first kappa shape index (κ1) is 12.5. The highest BCUT2D eigenvalue weighted by Crippen LogP contribution is 2.10. The van der Waals surface area contributed by atoms with Gasteiger partial charge >= 0.3 is 0 Å². The molecule has 0 radical (unpaired) electrons. The molecule has 0 saturated heterocycles. The maximum atomic E-state index is 10.5. The van der Waals surface area contributed by atoms with Crippen molar-refractivity contribution in [2.45, 2.75) is 13.0 Å². The Morgan fingerprint density at radius 1 is 1.62 bits per heavy atom. The molecule has 0 aromatic carbocycles. The van der Waals surface area contributed by atoms with E-state index in [2.05, 4.69) is 10.3 Å². The second-order valence-electron chi connectivity index (χ2n) is 3.90. The minimum absolute atomic E-state index is 0.286. The molecule has 0 aliphatic carbocycles. The second-order valence-corrected chi connectivity index (χ2v) is 3.90. The highest BCUT2D eigenvalue weighted by Gasteiger charge is 2.07. The Labute approximate surface area is 95.4 Å². The first-order valence-corrected chi connectivity index (χ1v) is 5.19. The van der Waals surface area contributed by atoms with Crippen LogP contribution in [0.2, 0.25) is 0 Å². The molecule has 0 bridgehead atoms. The third-order valence-electron chi connectivity index (χ3n) is 2.31. The average molecular weight is 225 g/mol. The lowest BCUT2D eigenvalue weighted by Crippen LogP contribution is -2.23. The van der Waals surface area contributed by atoms with Crippen molar-refractivity contribution < 1.29 is 4.79 Å². The summed E-state index contributed by atoms with van der Waals surface area (Å²) >= 11 is 0. The summed E-state index contributed by atoms with van der Waals surface area (Å²) in [6.07, 6.45) is 2.19. The van der Waals surface area contributed by atoms with Crippen LogP contribution in [-0.4, -0.2) is 36.1 Å². The van der Waals surface area contributed by atoms with Gasteiger partial charge in [-0.2, -0.15) is 0 Å². The summed E-state index contributed by atoms with van der Waals surface area (Å²) in [7, 11) is 5.87. The topological polar surface area (TPSA) is 76.2 Å². The molecule has 6 nitrogen and oxygen atoms in total. The predicted molar refractivity (Wildman–Crippen MR) is 63.1 cm³/mol. The van der Waals surface area contributed by atoms with Crippen molar-refractivity contribution in [3.63, 3.8) is 0 Å². The number of nitrogens with one attached hydrogen (secondary N) is 1. The third-order valence-corrected chi connectivity index (χ3v) is 2.31. The van der Waals surface area contributed by atoms with Crippen LogP contribution >= 0.6 is 0 Å². The molecule has 1 rings (SSSR count). The van der Waals surface area contributed by atoms with Gasteiger partial charge in [0.15, 0.2) is 0 Å². The highest BCUT2D eigenvalue weighted by atomic mass is 16.1. The molecule has 1 amide bonds. The smallest absolute Gasteiger partial charge is 0.218 e. The van der Waals surface area contributed by atoms with Crippen molar-refractivity contribution in [2.75, 3.05) is 25.5 Å². The first-order chi connectivity index (χ1) is 7.52. The van der Waals surface area contributed by atoms with E-state index in [-0.39, 0.29) is 5.91 Å². The summed E-state index contributed by atoms with van der Waals surface area (Å²) in [6, 6.07) is 0. The summed E-state index contributed by atoms with van der Waals surface area (Å²) in [5.41, 5.74) is 6.12. The summed E-state index contributed by atoms with van der Waals surface area (Å²) < 4.78 is 2.01. The molecule has 90 valence electrons. The van der Waals surface area contributed by atoms with Gasteiger partial charge in [-0.05, 0) is 0 Å². The van der Waals surface area contributed by atoms with E-state index < -0.39 is 0 Å². The zero-order chi connectivity index (χ0) is 12.1. The lowest BCUT2D eigenvalue weighted by Gasteiger charge is -2.12. The Hall–Kier alpha value is -1.56. The molecule has 0 aliphatic rings. The van der Waals surface area contributed by atoms with Gasteiger partial charge < -0.3 is 20.5 Å². The number of nitrogens with two attached hydrogens (primary N) is 1. The number of carbonyl (C=O) groups excluding carboxylic acids is 1. The van der Waals surface area contributed by atoms with Gasteiger partial charge in [-0.3, -0.25) is 4.79 Å². The molecule has 0 aliphatic heterocycles. The van der Waals surface area contributed by atoms with Crippen LogP contribution in [-0.2, 0) is 18.4 Å². The van der Waals surface area contributed by atoms with Gasteiger partial charge in [0.25, 0.3) is 0 Å². The predicted octanol–water partition coefficient (Wildman–Crippen LogP) is -0.549. The Balaban J connectivity index is 2.45. The lowest BCUT2D eigenvalue weighted by molar-refractivity contribution is -0.117. The Morgan fingerprint density at radius 2 is 2.31 bits per heavy atom. The molecule has 0 spiro atoms. The maximum Gasteiger partial charge on any atom is 0.218 e. The van der Waals surface area contributed by atoms with Crippen LogP contribution in [0, 0.1) is 0 Å². The molecule has 0 saturated carbocycles. The summed E-state index contributed by atoms with van der Waals surface area (Å²) in [5, 5.41) is 3.15. The normalized spacial score (nSPS) is 10.4. The largest absolute Gasteiger partial charge is 0.370 e. The molecule has 1 aromatic heterocycles. The molecule has 1 aromatic rings. The number of primary amides is 1. The number of amides is 1. The van der Waals surface area contributed by atoms with E-state index in [1.54, 1.807) is 0 Å². The van der Waals surface area contributed by atoms with Crippen LogP contribution in [0.15, 0.2) is 6.20 Å². The minimum atomic E-state index is -0.286. The van der Waals surface area contributed by atoms with Gasteiger partial charge in [0, 0.05) is 40.7 Å². The van der Waals surface area contributed by atoms with Crippen LogP contribution in [0.4, 0.5) is 5.95 Å². The summed E-state index contributed by atoms with van der Waals surface area (Å²) in [5.74, 6) is 0.623. The number of carbonyl (C=O) groups is 1. The van der Waals surface area contributed by atoms with Crippen molar-refractivity contribution in [2.24, 2.45) is 12.8 Å². The van der Waals surface area contributed by atoms with E-state index >= 15 is 0 Å². The van der Waals surface area contributed by atoms with E-state index in [1.807, 2.05) is 36.8 Å². The molecule has 1 heterocycles. The van der Waals surface area contributed by atoms with Crippen molar-refractivity contribution in [1.29, 1.82) is 0 Å². The molecule has 16 heavy (non-hydrogen) atoms. The van der Waals surface area contributed by atoms with Crippen molar-refractivity contribution in [1.82, 2.24) is 14.9 Å². The van der Waals surface area contributed by atoms with Crippen LogP contribution in [0.3, 0.4) is 0 Å². The van der Waals surface area contributed by atoms with Crippen LogP contribution in [0.25, 0.3) is 0 Å². The van der Waals surface area contributed by atoms with E-state index in [0.717, 1.165) is 11.6 Å². The fourth-order valence-corrected chi connectivity index (χ4v) is 1.44. The summed E-state index contributed by atoms with van der Waals surface area (Å²) in [4.78, 5) is 16.8. The van der Waals surface area contributed by atoms with E-state index in [4.69, 9.17) is 5.73 Å². The lowest BCUT2D eigenvalue weighted by atomic mass is 10.4. The zero-order valence-electron chi connectivity index (χ0n) is 10.0. The van der Waals surface area contributed by atoms with E-state index in [9.17, 15) is 4.79 Å². The molecule has 0 fully saturated rings. The Kier molecular flexibility index (Phi) is 4.30. The van der Waals surface area contributed by atoms with Crippen molar-refractivity contribution in [3.8, 4) is 0 Å². The monoisotopic (exact) mass is 225 g/mol. The molecule has 0 unspecified atom stereocenters. The fourth-order valence-electron chi connectivity index (χ4n) is 1.44. The van der Waals surface area contributed by atoms with Crippen molar-refractivity contribution >= 4 is 11.9 Å². The van der Waals surface area contributed by atoms with Gasteiger partial charge in [-0.15, -0.1) is 0 Å². The van der Waals surface area contributed by atoms with Gasteiger partial charge in [-0.1, -0.05) is 0 Å². The average Bonchev–Trinajstić information content (AvgIpc) is 2.54. The quantitative estimate of drug-likeness (QED) is 0.637. The van der Waals surface area contributed by atoms with Gasteiger partial charge in [0.2, 0.25) is 11.9 Å². The number of rotatable bonds is 6. The number of anilines is 1. The second kappa shape index (κ2) is 5.50. The highest BCUT2D eigenvalue weighted by molar-refractivity contribution is 5.73. The van der Waals surface area contributed by atoms with Gasteiger partial charge in [0.1, 0.15) is 0 Å². The number of aromatic nitrogens is 2. The van der Waals surface area contributed by atoms with E-state index in [0.29, 0.717) is 19.5 Å². The number of hydrogen-bond donors (Lipinski definition) is 2. The molecule has 0 atom stereocenters. The Morgan fingerprint density at radius 3 is 2.81 bits per heavy atom. The molecule has 3 N–H and O–H groups in total. The SMILES string of the molecule is CN(C)c1ncc(CNCCC(N)=O)n1C. The summed E-state index contributed by atoms with van der Waals surface area (Å²) in [6.45, 7) is 1.28. The van der Waals surface area contributed by atoms with Gasteiger partial charge in [0.05, 0.1) is 11.9 Å².